The molecular formula is C17H20FN3O3S. The van der Waals surface area contributed by atoms with E-state index in [2.05, 4.69) is 0 Å². The molecule has 8 heteroatoms. The lowest BCUT2D eigenvalue weighted by Gasteiger charge is -2.17. The zero-order chi connectivity index (χ0) is 18.7. The molecule has 0 aliphatic heterocycles. The van der Waals surface area contributed by atoms with Crippen molar-refractivity contribution in [1.29, 1.82) is 0 Å². The first-order valence-corrected chi connectivity index (χ1v) is 8.42. The van der Waals surface area contributed by atoms with Crippen molar-refractivity contribution in [2.75, 3.05) is 21.1 Å². The SMILES string of the molecule is Cc1c(C(=O)N(C)Cc2ccc(F)cc2)sc(=O)n1CC(=O)N(C)C. The van der Waals surface area contributed by atoms with Gasteiger partial charge in [-0.25, -0.2) is 4.39 Å². The van der Waals surface area contributed by atoms with Crippen molar-refractivity contribution in [1.82, 2.24) is 14.4 Å². The summed E-state index contributed by atoms with van der Waals surface area (Å²) in [5, 5.41) is 0. The number of hydrogen-bond acceptors (Lipinski definition) is 4. The summed E-state index contributed by atoms with van der Waals surface area (Å²) in [5.74, 6) is -0.865. The van der Waals surface area contributed by atoms with Crippen molar-refractivity contribution in [2.45, 2.75) is 20.0 Å². The summed E-state index contributed by atoms with van der Waals surface area (Å²) in [7, 11) is 4.83. The summed E-state index contributed by atoms with van der Waals surface area (Å²) in [6.45, 7) is 1.85. The highest BCUT2D eigenvalue weighted by atomic mass is 32.1. The minimum Gasteiger partial charge on any atom is -0.347 e. The highest BCUT2D eigenvalue weighted by molar-refractivity contribution is 7.11. The van der Waals surface area contributed by atoms with Crippen molar-refractivity contribution < 1.29 is 14.0 Å². The fourth-order valence-electron chi connectivity index (χ4n) is 2.24. The summed E-state index contributed by atoms with van der Waals surface area (Å²) >= 11 is 0.830. The van der Waals surface area contributed by atoms with Gasteiger partial charge in [-0.15, -0.1) is 0 Å². The summed E-state index contributed by atoms with van der Waals surface area (Å²) in [4.78, 5) is 39.4. The van der Waals surface area contributed by atoms with E-state index in [1.807, 2.05) is 0 Å². The Morgan fingerprint density at radius 2 is 1.76 bits per heavy atom. The predicted octanol–water partition coefficient (Wildman–Crippen LogP) is 1.72. The third kappa shape index (κ3) is 4.33. The molecule has 2 aromatic rings. The number of hydrogen-bond donors (Lipinski definition) is 0. The maximum Gasteiger partial charge on any atom is 0.308 e. The van der Waals surface area contributed by atoms with E-state index >= 15 is 0 Å². The average molecular weight is 365 g/mol. The Hall–Kier alpha value is -2.48. The maximum atomic E-state index is 13.0. The Morgan fingerprint density at radius 3 is 2.32 bits per heavy atom. The molecule has 2 rings (SSSR count). The van der Waals surface area contributed by atoms with E-state index in [9.17, 15) is 18.8 Å². The Labute approximate surface area is 149 Å². The molecule has 0 aliphatic carbocycles. The lowest BCUT2D eigenvalue weighted by Crippen LogP contribution is -2.30. The van der Waals surface area contributed by atoms with Crippen LogP contribution in [-0.2, 0) is 17.9 Å². The highest BCUT2D eigenvalue weighted by Gasteiger charge is 2.22. The minimum atomic E-state index is -0.341. The molecule has 0 unspecified atom stereocenters. The molecule has 2 amide bonds. The number of likely N-dealkylation sites (N-methyl/N-ethyl adjacent to an activating group) is 1. The van der Waals surface area contributed by atoms with Crippen LogP contribution in [0.25, 0.3) is 0 Å². The summed E-state index contributed by atoms with van der Waals surface area (Å²) < 4.78 is 14.3. The fraction of sp³-hybridized carbons (Fsp3) is 0.353. The van der Waals surface area contributed by atoms with Gasteiger partial charge in [0.05, 0.1) is 0 Å². The predicted molar refractivity (Wildman–Crippen MR) is 94.2 cm³/mol. The van der Waals surface area contributed by atoms with Crippen LogP contribution >= 0.6 is 11.3 Å². The van der Waals surface area contributed by atoms with Gasteiger partial charge in [-0.05, 0) is 24.6 Å². The summed E-state index contributed by atoms with van der Waals surface area (Å²) in [6.07, 6.45) is 0. The number of nitrogens with zero attached hydrogens (tertiary/aromatic N) is 3. The number of amides is 2. The zero-order valence-electron chi connectivity index (χ0n) is 14.6. The topological polar surface area (TPSA) is 62.6 Å². The summed E-state index contributed by atoms with van der Waals surface area (Å²) in [5.41, 5.74) is 1.26. The van der Waals surface area contributed by atoms with Crippen LogP contribution in [0.4, 0.5) is 4.39 Å². The van der Waals surface area contributed by atoms with Crippen LogP contribution in [-0.4, -0.2) is 47.3 Å². The second kappa shape index (κ2) is 7.60. The molecule has 0 N–H and O–H groups in total. The Balaban J connectivity index is 2.20. The molecule has 25 heavy (non-hydrogen) atoms. The van der Waals surface area contributed by atoms with E-state index in [4.69, 9.17) is 0 Å². The van der Waals surface area contributed by atoms with Crippen molar-refractivity contribution in [3.8, 4) is 0 Å². The molecule has 0 fully saturated rings. The van der Waals surface area contributed by atoms with Crippen LogP contribution < -0.4 is 4.87 Å². The van der Waals surface area contributed by atoms with Gasteiger partial charge < -0.3 is 9.80 Å². The van der Waals surface area contributed by atoms with Crippen LogP contribution in [0.2, 0.25) is 0 Å². The first-order valence-electron chi connectivity index (χ1n) is 7.61. The second-order valence-electron chi connectivity index (χ2n) is 5.94. The number of carbonyl (C=O) groups excluding carboxylic acids is 2. The molecule has 1 heterocycles. The normalized spacial score (nSPS) is 10.6. The number of rotatable bonds is 5. The fourth-order valence-corrected chi connectivity index (χ4v) is 3.23. The first kappa shape index (κ1) is 18.9. The number of thiazole rings is 1. The molecule has 0 saturated heterocycles. The Kier molecular flexibility index (Phi) is 5.73. The van der Waals surface area contributed by atoms with Gasteiger partial charge in [0.1, 0.15) is 17.2 Å². The molecule has 1 aromatic carbocycles. The van der Waals surface area contributed by atoms with Gasteiger partial charge in [0.25, 0.3) is 5.91 Å². The van der Waals surface area contributed by atoms with E-state index in [1.54, 1.807) is 40.2 Å². The molecule has 134 valence electrons. The maximum absolute atomic E-state index is 13.0. The van der Waals surface area contributed by atoms with E-state index in [0.717, 1.165) is 16.9 Å². The van der Waals surface area contributed by atoms with Crippen LogP contribution in [0, 0.1) is 12.7 Å². The molecule has 0 spiro atoms. The van der Waals surface area contributed by atoms with Crippen molar-refractivity contribution in [2.24, 2.45) is 0 Å². The summed E-state index contributed by atoms with van der Waals surface area (Å²) in [6, 6.07) is 5.88. The monoisotopic (exact) mass is 365 g/mol. The number of halogens is 1. The molecule has 0 radical (unpaired) electrons. The Bertz CT molecular complexity index is 840. The first-order chi connectivity index (χ1) is 11.7. The quantitative estimate of drug-likeness (QED) is 0.811. The molecule has 0 aliphatic rings. The van der Waals surface area contributed by atoms with Crippen LogP contribution in [0.15, 0.2) is 29.1 Å². The number of aromatic nitrogens is 1. The smallest absolute Gasteiger partial charge is 0.308 e. The van der Waals surface area contributed by atoms with E-state index in [-0.39, 0.29) is 29.0 Å². The van der Waals surface area contributed by atoms with Gasteiger partial charge in [-0.1, -0.05) is 23.5 Å². The van der Waals surface area contributed by atoms with Gasteiger partial charge in [-0.3, -0.25) is 19.0 Å². The van der Waals surface area contributed by atoms with Crippen molar-refractivity contribution >= 4 is 23.2 Å². The molecule has 0 atom stereocenters. The molecule has 0 bridgehead atoms. The third-order valence-electron chi connectivity index (χ3n) is 3.81. The van der Waals surface area contributed by atoms with Gasteiger partial charge >= 0.3 is 4.87 Å². The lowest BCUT2D eigenvalue weighted by molar-refractivity contribution is -0.129. The van der Waals surface area contributed by atoms with Crippen LogP contribution in [0.5, 0.6) is 0 Å². The van der Waals surface area contributed by atoms with Crippen molar-refractivity contribution in [3.05, 3.63) is 55.9 Å². The second-order valence-corrected chi connectivity index (χ2v) is 6.91. The highest BCUT2D eigenvalue weighted by Crippen LogP contribution is 2.16. The van der Waals surface area contributed by atoms with Gasteiger partial charge in [-0.2, -0.15) is 0 Å². The van der Waals surface area contributed by atoms with Gasteiger partial charge in [0, 0.05) is 33.4 Å². The Morgan fingerprint density at radius 1 is 1.16 bits per heavy atom. The lowest BCUT2D eigenvalue weighted by atomic mass is 10.2. The van der Waals surface area contributed by atoms with Crippen LogP contribution in [0.3, 0.4) is 0 Å². The number of benzene rings is 1. The number of carbonyl (C=O) groups is 2. The molecular weight excluding hydrogens is 345 g/mol. The third-order valence-corrected chi connectivity index (χ3v) is 4.88. The molecule has 6 nitrogen and oxygen atoms in total. The average Bonchev–Trinajstić information content (AvgIpc) is 2.84. The molecule has 1 aromatic heterocycles. The minimum absolute atomic E-state index is 0.0941. The van der Waals surface area contributed by atoms with Crippen LogP contribution in [0.1, 0.15) is 20.9 Å². The van der Waals surface area contributed by atoms with Gasteiger partial charge in [0.15, 0.2) is 0 Å². The van der Waals surface area contributed by atoms with E-state index in [0.29, 0.717) is 17.1 Å². The largest absolute Gasteiger partial charge is 0.347 e. The standard InChI is InChI=1S/C17H20FN3O3S/c1-11-15(25-17(24)21(11)10-14(22)19(2)3)16(23)20(4)9-12-5-7-13(18)8-6-12/h5-8H,9-10H2,1-4H3. The van der Waals surface area contributed by atoms with Gasteiger partial charge in [0.2, 0.25) is 5.91 Å². The molecule has 0 saturated carbocycles. The van der Waals surface area contributed by atoms with E-state index < -0.39 is 0 Å². The zero-order valence-corrected chi connectivity index (χ0v) is 15.4. The van der Waals surface area contributed by atoms with E-state index in [1.165, 1.54) is 26.5 Å². The van der Waals surface area contributed by atoms with Crippen molar-refractivity contribution in [3.63, 3.8) is 0 Å².